The first-order valence-electron chi connectivity index (χ1n) is 7.62. The van der Waals surface area contributed by atoms with Crippen molar-refractivity contribution in [1.82, 2.24) is 4.90 Å². The van der Waals surface area contributed by atoms with Gasteiger partial charge in [-0.1, -0.05) is 0 Å². The van der Waals surface area contributed by atoms with Gasteiger partial charge in [0, 0.05) is 45.0 Å². The highest BCUT2D eigenvalue weighted by Gasteiger charge is 2.34. The van der Waals surface area contributed by atoms with Crippen LogP contribution in [-0.2, 0) is 10.9 Å². The van der Waals surface area contributed by atoms with E-state index in [-0.39, 0.29) is 5.56 Å². The molecule has 7 heteroatoms. The zero-order valence-electron chi connectivity index (χ0n) is 13.1. The number of anilines is 1. The normalized spacial score (nSPS) is 16.4. The van der Waals surface area contributed by atoms with Crippen LogP contribution in [0.25, 0.3) is 0 Å². The summed E-state index contributed by atoms with van der Waals surface area (Å²) in [6, 6.07) is 5.52. The molecule has 0 aliphatic carbocycles. The van der Waals surface area contributed by atoms with Crippen LogP contribution in [0.2, 0.25) is 0 Å². The second-order valence-electron chi connectivity index (χ2n) is 5.37. The first-order chi connectivity index (χ1) is 11.0. The van der Waals surface area contributed by atoms with E-state index in [1.165, 1.54) is 6.07 Å². The molecule has 0 bridgehead atoms. The van der Waals surface area contributed by atoms with Crippen molar-refractivity contribution in [2.45, 2.75) is 13.1 Å². The molecule has 0 unspecified atom stereocenters. The molecule has 0 saturated carbocycles. The SMILES string of the molecule is CCOCCN1CCN(c2ccc(C#N)c(C(F)(F)F)c2)CC1. The number of nitrogens with zero attached hydrogens (tertiary/aromatic N) is 3. The Hall–Kier alpha value is -1.78. The predicted molar refractivity (Wildman–Crippen MR) is 81.3 cm³/mol. The van der Waals surface area contributed by atoms with Crippen LogP contribution in [0.4, 0.5) is 18.9 Å². The van der Waals surface area contributed by atoms with Crippen LogP contribution in [0.15, 0.2) is 18.2 Å². The summed E-state index contributed by atoms with van der Waals surface area (Å²) in [4.78, 5) is 4.16. The average Bonchev–Trinajstić information content (AvgIpc) is 2.54. The lowest BCUT2D eigenvalue weighted by molar-refractivity contribution is -0.137. The van der Waals surface area contributed by atoms with Gasteiger partial charge in [-0.2, -0.15) is 18.4 Å². The topological polar surface area (TPSA) is 39.5 Å². The Labute approximate surface area is 134 Å². The molecule has 126 valence electrons. The number of halogens is 3. The summed E-state index contributed by atoms with van der Waals surface area (Å²) in [6.45, 7) is 7.04. The van der Waals surface area contributed by atoms with Gasteiger partial charge in [-0.3, -0.25) is 4.90 Å². The van der Waals surface area contributed by atoms with E-state index in [0.717, 1.165) is 25.7 Å². The highest BCUT2D eigenvalue weighted by atomic mass is 19.4. The third-order valence-corrected chi connectivity index (χ3v) is 3.92. The van der Waals surface area contributed by atoms with Crippen LogP contribution >= 0.6 is 0 Å². The van der Waals surface area contributed by atoms with E-state index >= 15 is 0 Å². The Morgan fingerprint density at radius 3 is 2.48 bits per heavy atom. The van der Waals surface area contributed by atoms with Gasteiger partial charge >= 0.3 is 6.18 Å². The molecule has 1 heterocycles. The van der Waals surface area contributed by atoms with Crippen molar-refractivity contribution < 1.29 is 17.9 Å². The van der Waals surface area contributed by atoms with Crippen LogP contribution < -0.4 is 4.90 Å². The van der Waals surface area contributed by atoms with Crippen LogP contribution in [0, 0.1) is 11.3 Å². The number of hydrogen-bond donors (Lipinski definition) is 0. The van der Waals surface area contributed by atoms with Crippen molar-refractivity contribution in [3.8, 4) is 6.07 Å². The quantitative estimate of drug-likeness (QED) is 0.780. The van der Waals surface area contributed by atoms with Gasteiger partial charge in [0.25, 0.3) is 0 Å². The fraction of sp³-hybridized carbons (Fsp3) is 0.562. The third-order valence-electron chi connectivity index (χ3n) is 3.92. The lowest BCUT2D eigenvalue weighted by atomic mass is 10.1. The largest absolute Gasteiger partial charge is 0.417 e. The highest BCUT2D eigenvalue weighted by Crippen LogP contribution is 2.34. The number of benzene rings is 1. The summed E-state index contributed by atoms with van der Waals surface area (Å²) >= 11 is 0. The summed E-state index contributed by atoms with van der Waals surface area (Å²) in [6.07, 6.45) is -4.51. The Balaban J connectivity index is 2.03. The molecule has 0 N–H and O–H groups in total. The maximum Gasteiger partial charge on any atom is 0.417 e. The molecule has 0 atom stereocenters. The fourth-order valence-electron chi connectivity index (χ4n) is 2.63. The number of piperazine rings is 1. The smallest absolute Gasteiger partial charge is 0.380 e. The molecule has 1 aliphatic rings. The van der Waals surface area contributed by atoms with Crippen LogP contribution in [0.3, 0.4) is 0 Å². The zero-order chi connectivity index (χ0) is 16.9. The van der Waals surface area contributed by atoms with Crippen LogP contribution in [0.5, 0.6) is 0 Å². The van der Waals surface area contributed by atoms with E-state index < -0.39 is 11.7 Å². The molecule has 1 aliphatic heterocycles. The van der Waals surface area contributed by atoms with E-state index in [9.17, 15) is 13.2 Å². The third kappa shape index (κ3) is 4.60. The molecule has 0 aromatic heterocycles. The minimum atomic E-state index is -4.51. The maximum atomic E-state index is 13.0. The second kappa shape index (κ2) is 7.66. The summed E-state index contributed by atoms with van der Waals surface area (Å²) in [5, 5.41) is 8.84. The molecular formula is C16H20F3N3O. The summed E-state index contributed by atoms with van der Waals surface area (Å²) in [7, 11) is 0. The number of alkyl halides is 3. The molecule has 0 amide bonds. The van der Waals surface area contributed by atoms with E-state index in [1.54, 1.807) is 12.1 Å². The molecule has 1 fully saturated rings. The lowest BCUT2D eigenvalue weighted by Gasteiger charge is -2.36. The van der Waals surface area contributed by atoms with Crippen molar-refractivity contribution in [2.75, 3.05) is 50.8 Å². The van der Waals surface area contributed by atoms with Crippen LogP contribution in [-0.4, -0.2) is 50.8 Å². The molecule has 23 heavy (non-hydrogen) atoms. The van der Waals surface area contributed by atoms with Crippen molar-refractivity contribution in [3.05, 3.63) is 29.3 Å². The first-order valence-corrected chi connectivity index (χ1v) is 7.62. The van der Waals surface area contributed by atoms with Gasteiger partial charge in [-0.05, 0) is 25.1 Å². The Bertz CT molecular complexity index is 561. The van der Waals surface area contributed by atoms with Gasteiger partial charge < -0.3 is 9.64 Å². The van der Waals surface area contributed by atoms with Crippen molar-refractivity contribution >= 4 is 5.69 Å². The van der Waals surface area contributed by atoms with E-state index in [4.69, 9.17) is 10.00 Å². The summed E-state index contributed by atoms with van der Waals surface area (Å²) in [5.74, 6) is 0. The van der Waals surface area contributed by atoms with Gasteiger partial charge in [0.15, 0.2) is 0 Å². The van der Waals surface area contributed by atoms with Gasteiger partial charge in [0.2, 0.25) is 0 Å². The standard InChI is InChI=1S/C16H20F3N3O/c1-2-23-10-9-21-5-7-22(8-6-21)14-4-3-13(12-20)15(11-14)16(17,18)19/h3-4,11H,2,5-10H2,1H3. The van der Waals surface area contributed by atoms with Gasteiger partial charge in [0.05, 0.1) is 23.8 Å². The van der Waals surface area contributed by atoms with Gasteiger partial charge in [0.1, 0.15) is 0 Å². The molecule has 1 saturated heterocycles. The molecule has 4 nitrogen and oxygen atoms in total. The average molecular weight is 327 g/mol. The molecule has 1 aromatic rings. The van der Waals surface area contributed by atoms with Gasteiger partial charge in [-0.15, -0.1) is 0 Å². The zero-order valence-corrected chi connectivity index (χ0v) is 13.1. The second-order valence-corrected chi connectivity index (χ2v) is 5.37. The predicted octanol–water partition coefficient (Wildman–Crippen LogP) is 2.74. The maximum absolute atomic E-state index is 13.0. The van der Waals surface area contributed by atoms with E-state index in [2.05, 4.69) is 4.90 Å². The van der Waals surface area contributed by atoms with Crippen molar-refractivity contribution in [2.24, 2.45) is 0 Å². The molecular weight excluding hydrogens is 307 g/mol. The minimum absolute atomic E-state index is 0.336. The Kier molecular flexibility index (Phi) is 5.85. The summed E-state index contributed by atoms with van der Waals surface area (Å²) in [5.41, 5.74) is -0.686. The number of rotatable bonds is 5. The number of nitriles is 1. The Morgan fingerprint density at radius 1 is 1.22 bits per heavy atom. The molecule has 1 aromatic carbocycles. The van der Waals surface area contributed by atoms with Crippen molar-refractivity contribution in [1.29, 1.82) is 5.26 Å². The number of ether oxygens (including phenoxy) is 1. The Morgan fingerprint density at radius 2 is 1.91 bits per heavy atom. The first kappa shape index (κ1) is 17.6. The molecule has 0 radical (unpaired) electrons. The van der Waals surface area contributed by atoms with Gasteiger partial charge in [-0.25, -0.2) is 0 Å². The minimum Gasteiger partial charge on any atom is -0.380 e. The van der Waals surface area contributed by atoms with E-state index in [1.807, 2.05) is 11.8 Å². The molecule has 2 rings (SSSR count). The number of hydrogen-bond acceptors (Lipinski definition) is 4. The fourth-order valence-corrected chi connectivity index (χ4v) is 2.63. The monoisotopic (exact) mass is 327 g/mol. The van der Waals surface area contributed by atoms with Crippen molar-refractivity contribution in [3.63, 3.8) is 0 Å². The van der Waals surface area contributed by atoms with Crippen LogP contribution in [0.1, 0.15) is 18.1 Å². The lowest BCUT2D eigenvalue weighted by Crippen LogP contribution is -2.47. The highest BCUT2D eigenvalue weighted by molar-refractivity contribution is 5.55. The summed E-state index contributed by atoms with van der Waals surface area (Å²) < 4.78 is 44.4. The molecule has 0 spiro atoms. The van der Waals surface area contributed by atoms with E-state index in [0.29, 0.717) is 32.0 Å².